The average molecular weight is 710 g/mol. The van der Waals surface area contributed by atoms with Crippen LogP contribution in [0, 0.1) is 14.1 Å². The Morgan fingerprint density at radius 1 is 1.14 bits per heavy atom. The van der Waals surface area contributed by atoms with E-state index >= 15 is 0 Å². The number of carbonyl (C=O) groups is 2. The third-order valence-electron chi connectivity index (χ3n) is 5.32. The number of amides is 1. The Morgan fingerprint density at radius 2 is 1.89 bits per heavy atom. The fourth-order valence-electron chi connectivity index (χ4n) is 3.35. The Labute approximate surface area is 234 Å². The number of benzene rings is 3. The van der Waals surface area contributed by atoms with Gasteiger partial charge in [0.25, 0.3) is 5.91 Å². The molecule has 0 atom stereocenters. The summed E-state index contributed by atoms with van der Waals surface area (Å²) in [6.45, 7) is 2.19. The second-order valence-electron chi connectivity index (χ2n) is 7.73. The molecule has 9 heteroatoms. The molecule has 0 unspecified atom stereocenters. The van der Waals surface area contributed by atoms with Crippen molar-refractivity contribution in [1.82, 2.24) is 4.90 Å². The molecule has 0 aliphatic carbocycles. The SMILES string of the molecule is Cc1c(N=C2S/C(=C\c3ccc(OCc4ccc(I)cc4)c(I)c3)C(=O)N2C)cccc1C(=O)O. The van der Waals surface area contributed by atoms with Crippen LogP contribution in [0.25, 0.3) is 6.08 Å². The Morgan fingerprint density at radius 3 is 2.57 bits per heavy atom. The van der Waals surface area contributed by atoms with Gasteiger partial charge in [-0.1, -0.05) is 24.3 Å². The van der Waals surface area contributed by atoms with E-state index in [2.05, 4.69) is 62.3 Å². The zero-order valence-electron chi connectivity index (χ0n) is 18.8. The molecule has 0 radical (unpaired) electrons. The van der Waals surface area contributed by atoms with Gasteiger partial charge in [0.05, 0.1) is 19.7 Å². The fraction of sp³-hybridized carbons (Fsp3) is 0.115. The molecule has 1 amide bonds. The van der Waals surface area contributed by atoms with Crippen molar-refractivity contribution in [2.24, 2.45) is 4.99 Å². The summed E-state index contributed by atoms with van der Waals surface area (Å²) in [6, 6.07) is 18.9. The number of ether oxygens (including phenoxy) is 1. The number of carboxylic acid groups (broad SMARTS) is 1. The molecule has 1 fully saturated rings. The molecule has 0 saturated carbocycles. The van der Waals surface area contributed by atoms with Crippen LogP contribution < -0.4 is 4.74 Å². The predicted molar refractivity (Wildman–Crippen MR) is 156 cm³/mol. The van der Waals surface area contributed by atoms with Gasteiger partial charge in [0.1, 0.15) is 12.4 Å². The summed E-state index contributed by atoms with van der Waals surface area (Å²) < 4.78 is 8.10. The van der Waals surface area contributed by atoms with Crippen LogP contribution in [0.15, 0.2) is 70.6 Å². The largest absolute Gasteiger partial charge is 0.488 e. The first-order valence-corrected chi connectivity index (χ1v) is 13.5. The van der Waals surface area contributed by atoms with Crippen molar-refractivity contribution in [3.05, 3.63) is 95.0 Å². The van der Waals surface area contributed by atoms with Gasteiger partial charge in [-0.05, 0) is 123 Å². The lowest BCUT2D eigenvalue weighted by atomic mass is 10.1. The number of nitrogens with zero attached hydrogens (tertiary/aromatic N) is 2. The Balaban J connectivity index is 1.52. The van der Waals surface area contributed by atoms with Crippen molar-refractivity contribution in [1.29, 1.82) is 0 Å². The van der Waals surface area contributed by atoms with Gasteiger partial charge in [-0.15, -0.1) is 0 Å². The van der Waals surface area contributed by atoms with Crippen molar-refractivity contribution >= 4 is 85.8 Å². The monoisotopic (exact) mass is 710 g/mol. The quantitative estimate of drug-likeness (QED) is 0.227. The first-order chi connectivity index (χ1) is 16.7. The fourth-order valence-corrected chi connectivity index (χ4v) is 5.38. The molecule has 178 valence electrons. The van der Waals surface area contributed by atoms with E-state index < -0.39 is 5.97 Å². The molecule has 6 nitrogen and oxygen atoms in total. The Bertz CT molecular complexity index is 1370. The molecule has 35 heavy (non-hydrogen) atoms. The number of aromatic carboxylic acids is 1. The van der Waals surface area contributed by atoms with E-state index in [1.807, 2.05) is 36.4 Å². The highest BCUT2D eigenvalue weighted by Gasteiger charge is 2.30. The van der Waals surface area contributed by atoms with Crippen LogP contribution in [-0.4, -0.2) is 34.1 Å². The number of halogens is 2. The molecule has 3 aromatic carbocycles. The van der Waals surface area contributed by atoms with Gasteiger partial charge in [0, 0.05) is 10.6 Å². The minimum atomic E-state index is -1.01. The van der Waals surface area contributed by atoms with Crippen LogP contribution in [0.2, 0.25) is 0 Å². The number of carboxylic acids is 1. The molecule has 1 N–H and O–H groups in total. The van der Waals surface area contributed by atoms with Crippen molar-refractivity contribution in [2.75, 3.05) is 7.05 Å². The van der Waals surface area contributed by atoms with Crippen molar-refractivity contribution in [2.45, 2.75) is 13.5 Å². The zero-order chi connectivity index (χ0) is 25.1. The third kappa shape index (κ3) is 6.07. The Kier molecular flexibility index (Phi) is 8.17. The highest BCUT2D eigenvalue weighted by atomic mass is 127. The molecule has 4 rings (SSSR count). The van der Waals surface area contributed by atoms with Crippen molar-refractivity contribution < 1.29 is 19.4 Å². The number of hydrogen-bond donors (Lipinski definition) is 1. The molecule has 0 aromatic heterocycles. The summed E-state index contributed by atoms with van der Waals surface area (Å²) in [4.78, 5) is 30.9. The van der Waals surface area contributed by atoms with Crippen LogP contribution in [-0.2, 0) is 11.4 Å². The molecule has 0 spiro atoms. The lowest BCUT2D eigenvalue weighted by Gasteiger charge is -2.09. The maximum absolute atomic E-state index is 12.8. The standard InChI is InChI=1S/C26H20I2N2O4S/c1-15-19(25(32)33)4-3-5-21(15)29-26-30(2)24(31)23(35-26)13-17-8-11-22(20(28)12-17)34-14-16-6-9-18(27)10-7-16/h3-13H,14H2,1-2H3,(H,32,33)/b23-13-,29-26?. The summed E-state index contributed by atoms with van der Waals surface area (Å²) in [6.07, 6.45) is 1.83. The minimum absolute atomic E-state index is 0.158. The van der Waals surface area contributed by atoms with E-state index in [9.17, 15) is 14.7 Å². The first kappa shape index (κ1) is 25.7. The van der Waals surface area contributed by atoms with E-state index in [1.165, 1.54) is 20.2 Å². The number of thioether (sulfide) groups is 1. The van der Waals surface area contributed by atoms with Crippen LogP contribution >= 0.6 is 56.9 Å². The molecule has 0 bridgehead atoms. The molecule has 3 aromatic rings. The zero-order valence-corrected chi connectivity index (χ0v) is 23.9. The van der Waals surface area contributed by atoms with Crippen molar-refractivity contribution in [3.63, 3.8) is 0 Å². The maximum atomic E-state index is 12.8. The molecular formula is C26H20I2N2O4S. The second kappa shape index (κ2) is 11.1. The molecule has 1 heterocycles. The second-order valence-corrected chi connectivity index (χ2v) is 11.1. The van der Waals surface area contributed by atoms with E-state index in [0.717, 1.165) is 20.4 Å². The summed E-state index contributed by atoms with van der Waals surface area (Å²) in [5, 5.41) is 9.86. The van der Waals surface area contributed by atoms with Gasteiger partial charge in [-0.2, -0.15) is 0 Å². The van der Waals surface area contributed by atoms with Gasteiger partial charge in [-0.3, -0.25) is 9.69 Å². The lowest BCUT2D eigenvalue weighted by Crippen LogP contribution is -2.23. The lowest BCUT2D eigenvalue weighted by molar-refractivity contribution is -0.121. The maximum Gasteiger partial charge on any atom is 0.336 e. The van der Waals surface area contributed by atoms with Gasteiger partial charge >= 0.3 is 5.97 Å². The number of aliphatic imine (C=N–C) groups is 1. The highest BCUT2D eigenvalue weighted by molar-refractivity contribution is 14.1. The van der Waals surface area contributed by atoms with E-state index in [1.54, 1.807) is 32.2 Å². The van der Waals surface area contributed by atoms with Gasteiger partial charge in [-0.25, -0.2) is 9.79 Å². The smallest absolute Gasteiger partial charge is 0.336 e. The van der Waals surface area contributed by atoms with Gasteiger partial charge in [0.15, 0.2) is 5.17 Å². The number of rotatable bonds is 6. The van der Waals surface area contributed by atoms with E-state index in [-0.39, 0.29) is 11.5 Å². The van der Waals surface area contributed by atoms with Crippen LogP contribution in [0.1, 0.15) is 27.0 Å². The van der Waals surface area contributed by atoms with Crippen LogP contribution in [0.4, 0.5) is 5.69 Å². The van der Waals surface area contributed by atoms with E-state index in [4.69, 9.17) is 4.74 Å². The number of likely N-dealkylation sites (N-methyl/N-ethyl adjacent to an activating group) is 1. The summed E-state index contributed by atoms with van der Waals surface area (Å²) in [5.74, 6) is -0.381. The molecule has 1 saturated heterocycles. The summed E-state index contributed by atoms with van der Waals surface area (Å²) in [7, 11) is 1.66. The van der Waals surface area contributed by atoms with Crippen LogP contribution in [0.5, 0.6) is 5.75 Å². The van der Waals surface area contributed by atoms with Gasteiger partial charge < -0.3 is 9.84 Å². The molecule has 1 aliphatic rings. The predicted octanol–water partition coefficient (Wildman–Crippen LogP) is 6.72. The van der Waals surface area contributed by atoms with Crippen molar-refractivity contribution in [3.8, 4) is 5.75 Å². The number of hydrogen-bond acceptors (Lipinski definition) is 5. The average Bonchev–Trinajstić information content (AvgIpc) is 3.08. The minimum Gasteiger partial charge on any atom is -0.488 e. The third-order valence-corrected chi connectivity index (χ3v) is 7.94. The van der Waals surface area contributed by atoms with E-state index in [0.29, 0.717) is 27.9 Å². The van der Waals surface area contributed by atoms with Gasteiger partial charge in [0.2, 0.25) is 0 Å². The molecule has 1 aliphatic heterocycles. The molecular weight excluding hydrogens is 690 g/mol. The summed E-state index contributed by atoms with van der Waals surface area (Å²) >= 11 is 5.77. The number of carbonyl (C=O) groups excluding carboxylic acids is 1. The Hall–Kier alpha value is -2.38. The normalized spacial score (nSPS) is 15.8. The first-order valence-electron chi connectivity index (χ1n) is 10.5. The van der Waals surface area contributed by atoms with Crippen LogP contribution in [0.3, 0.4) is 0 Å². The number of amidine groups is 1. The summed E-state index contributed by atoms with van der Waals surface area (Å²) in [5.41, 5.74) is 3.25. The highest BCUT2D eigenvalue weighted by Crippen LogP contribution is 2.35. The topological polar surface area (TPSA) is 79.2 Å².